The van der Waals surface area contributed by atoms with Gasteiger partial charge in [0.2, 0.25) is 0 Å². The predicted octanol–water partition coefficient (Wildman–Crippen LogP) is 5.40. The molecule has 2 aromatic rings. The minimum atomic E-state index is -0.322. The molecule has 24 heavy (non-hydrogen) atoms. The van der Waals surface area contributed by atoms with Crippen LogP contribution in [0, 0.1) is 6.92 Å². The summed E-state index contributed by atoms with van der Waals surface area (Å²) in [4.78, 5) is 12.3. The normalized spacial score (nSPS) is 13.8. The Labute approximate surface area is 142 Å². The van der Waals surface area contributed by atoms with E-state index in [-0.39, 0.29) is 5.97 Å². The number of rotatable bonds is 3. The van der Waals surface area contributed by atoms with Crippen molar-refractivity contribution < 1.29 is 9.53 Å². The second kappa shape index (κ2) is 7.14. The highest BCUT2D eigenvalue weighted by Crippen LogP contribution is 2.23. The van der Waals surface area contributed by atoms with Gasteiger partial charge in [-0.15, -0.1) is 0 Å². The number of carbonyl (C=O) groups is 1. The average Bonchev–Trinajstić information content (AvgIpc) is 2.81. The topological polar surface area (TPSA) is 26.3 Å². The van der Waals surface area contributed by atoms with Crippen LogP contribution in [-0.4, -0.2) is 5.97 Å². The lowest BCUT2D eigenvalue weighted by Gasteiger charge is -2.07. The summed E-state index contributed by atoms with van der Waals surface area (Å²) >= 11 is 0. The molecule has 0 atom stereocenters. The Hall–Kier alpha value is -2.87. The van der Waals surface area contributed by atoms with E-state index in [1.165, 1.54) is 5.56 Å². The molecular weight excluding hydrogens is 296 g/mol. The number of benzene rings is 2. The number of hydrogen-bond donors (Lipinski definition) is 0. The highest BCUT2D eigenvalue weighted by molar-refractivity contribution is 5.93. The molecule has 2 aromatic carbocycles. The van der Waals surface area contributed by atoms with Gasteiger partial charge in [-0.2, -0.15) is 0 Å². The summed E-state index contributed by atoms with van der Waals surface area (Å²) < 4.78 is 5.47. The first kappa shape index (κ1) is 16.0. The number of aryl methyl sites for hydroxylation is 1. The van der Waals surface area contributed by atoms with Crippen molar-refractivity contribution in [2.75, 3.05) is 0 Å². The molecular formula is C22H20O2. The maximum atomic E-state index is 12.3. The zero-order chi connectivity index (χ0) is 16.9. The lowest BCUT2D eigenvalue weighted by atomic mass is 10.0. The van der Waals surface area contributed by atoms with Crippen LogP contribution in [0.15, 0.2) is 84.0 Å². The molecule has 0 spiro atoms. The van der Waals surface area contributed by atoms with E-state index >= 15 is 0 Å². The van der Waals surface area contributed by atoms with Crippen LogP contribution in [-0.2, 0) is 4.79 Å². The van der Waals surface area contributed by atoms with Gasteiger partial charge in [-0.25, -0.2) is 4.79 Å². The SMILES string of the molecule is CC1=CCC=C(C(=O)Oc2ccc(-c3ccc(C)cc3)cc2)C=C1. The van der Waals surface area contributed by atoms with Crippen LogP contribution in [0.5, 0.6) is 5.75 Å². The monoisotopic (exact) mass is 316 g/mol. The van der Waals surface area contributed by atoms with Crippen molar-refractivity contribution in [1.82, 2.24) is 0 Å². The Kier molecular flexibility index (Phi) is 4.76. The number of esters is 1. The van der Waals surface area contributed by atoms with Gasteiger partial charge in [-0.3, -0.25) is 0 Å². The summed E-state index contributed by atoms with van der Waals surface area (Å²) in [6.07, 6.45) is 8.45. The van der Waals surface area contributed by atoms with Crippen LogP contribution < -0.4 is 4.74 Å². The average molecular weight is 316 g/mol. The molecule has 120 valence electrons. The minimum Gasteiger partial charge on any atom is -0.423 e. The molecule has 0 amide bonds. The molecule has 0 radical (unpaired) electrons. The van der Waals surface area contributed by atoms with Gasteiger partial charge in [0.1, 0.15) is 5.75 Å². The highest BCUT2D eigenvalue weighted by atomic mass is 16.5. The molecule has 0 aromatic heterocycles. The Morgan fingerprint density at radius 1 is 0.833 bits per heavy atom. The van der Waals surface area contributed by atoms with Crippen molar-refractivity contribution in [1.29, 1.82) is 0 Å². The molecule has 1 aliphatic rings. The Bertz CT molecular complexity index is 819. The zero-order valence-electron chi connectivity index (χ0n) is 14.0. The summed E-state index contributed by atoms with van der Waals surface area (Å²) in [6.45, 7) is 4.09. The Morgan fingerprint density at radius 3 is 2.12 bits per heavy atom. The van der Waals surface area contributed by atoms with Crippen molar-refractivity contribution in [2.45, 2.75) is 20.3 Å². The van der Waals surface area contributed by atoms with Crippen molar-refractivity contribution in [3.8, 4) is 16.9 Å². The molecule has 0 fully saturated rings. The third kappa shape index (κ3) is 3.90. The number of carbonyl (C=O) groups excluding carboxylic acids is 1. The molecule has 0 saturated carbocycles. The molecule has 0 bridgehead atoms. The second-order valence-electron chi connectivity index (χ2n) is 5.96. The molecule has 0 heterocycles. The fourth-order valence-electron chi connectivity index (χ4n) is 2.51. The summed E-state index contributed by atoms with van der Waals surface area (Å²) in [5.41, 5.74) is 5.22. The quantitative estimate of drug-likeness (QED) is 0.560. The smallest absolute Gasteiger partial charge is 0.343 e. The number of allylic oxidation sites excluding steroid dienone is 4. The molecule has 2 nitrogen and oxygen atoms in total. The Balaban J connectivity index is 1.70. The van der Waals surface area contributed by atoms with Gasteiger partial charge in [0.25, 0.3) is 0 Å². The summed E-state index contributed by atoms with van der Waals surface area (Å²) in [5.74, 6) is 0.233. The largest absolute Gasteiger partial charge is 0.423 e. The highest BCUT2D eigenvalue weighted by Gasteiger charge is 2.10. The summed E-state index contributed by atoms with van der Waals surface area (Å²) in [6, 6.07) is 16.0. The first-order valence-electron chi connectivity index (χ1n) is 8.06. The van der Waals surface area contributed by atoms with E-state index in [1.54, 1.807) is 0 Å². The molecule has 0 saturated heterocycles. The van der Waals surface area contributed by atoms with E-state index < -0.39 is 0 Å². The molecule has 0 unspecified atom stereocenters. The first-order chi connectivity index (χ1) is 11.6. The van der Waals surface area contributed by atoms with Crippen LogP contribution in [0.4, 0.5) is 0 Å². The van der Waals surface area contributed by atoms with E-state index in [2.05, 4.69) is 37.3 Å². The molecule has 3 rings (SSSR count). The van der Waals surface area contributed by atoms with Gasteiger partial charge < -0.3 is 4.74 Å². The van der Waals surface area contributed by atoms with Crippen molar-refractivity contribution in [3.05, 3.63) is 89.5 Å². The second-order valence-corrected chi connectivity index (χ2v) is 5.96. The van der Waals surface area contributed by atoms with Gasteiger partial charge >= 0.3 is 5.97 Å². The van der Waals surface area contributed by atoms with Crippen LogP contribution in [0.1, 0.15) is 18.9 Å². The predicted molar refractivity (Wildman–Crippen MR) is 97.8 cm³/mol. The van der Waals surface area contributed by atoms with E-state index in [4.69, 9.17) is 4.74 Å². The summed E-state index contributed by atoms with van der Waals surface area (Å²) in [5, 5.41) is 0. The van der Waals surface area contributed by atoms with Crippen LogP contribution >= 0.6 is 0 Å². The molecule has 0 aliphatic heterocycles. The molecule has 2 heteroatoms. The van der Waals surface area contributed by atoms with Crippen molar-refractivity contribution in [3.63, 3.8) is 0 Å². The van der Waals surface area contributed by atoms with E-state index in [9.17, 15) is 4.79 Å². The van der Waals surface area contributed by atoms with Crippen LogP contribution in [0.2, 0.25) is 0 Å². The fraction of sp³-hybridized carbons (Fsp3) is 0.136. The van der Waals surface area contributed by atoms with Gasteiger partial charge in [-0.05, 0) is 49.6 Å². The van der Waals surface area contributed by atoms with Crippen LogP contribution in [0.3, 0.4) is 0 Å². The zero-order valence-corrected chi connectivity index (χ0v) is 14.0. The Morgan fingerprint density at radius 2 is 1.46 bits per heavy atom. The fourth-order valence-corrected chi connectivity index (χ4v) is 2.51. The third-order valence-electron chi connectivity index (χ3n) is 3.99. The lowest BCUT2D eigenvalue weighted by molar-refractivity contribution is -0.129. The summed E-state index contributed by atoms with van der Waals surface area (Å²) in [7, 11) is 0. The first-order valence-corrected chi connectivity index (χ1v) is 8.06. The minimum absolute atomic E-state index is 0.322. The molecule has 1 aliphatic carbocycles. The molecule has 0 N–H and O–H groups in total. The standard InChI is InChI=1S/C22H20O2/c1-16-4-3-5-20(11-8-16)22(23)24-21-14-12-19(13-15-21)18-9-6-17(2)7-10-18/h4-15H,3H2,1-2H3. The van der Waals surface area contributed by atoms with Gasteiger partial charge in [-0.1, -0.05) is 65.8 Å². The van der Waals surface area contributed by atoms with Gasteiger partial charge in [0.05, 0.1) is 5.57 Å². The third-order valence-corrected chi connectivity index (χ3v) is 3.99. The number of ether oxygens (including phenoxy) is 1. The van der Waals surface area contributed by atoms with E-state index in [0.29, 0.717) is 11.3 Å². The van der Waals surface area contributed by atoms with Crippen molar-refractivity contribution in [2.24, 2.45) is 0 Å². The lowest BCUT2D eigenvalue weighted by Crippen LogP contribution is -2.09. The maximum Gasteiger partial charge on any atom is 0.343 e. The van der Waals surface area contributed by atoms with Gasteiger partial charge in [0.15, 0.2) is 0 Å². The number of hydrogen-bond acceptors (Lipinski definition) is 2. The maximum absolute atomic E-state index is 12.3. The van der Waals surface area contributed by atoms with E-state index in [0.717, 1.165) is 23.1 Å². The van der Waals surface area contributed by atoms with Gasteiger partial charge in [0, 0.05) is 0 Å². The van der Waals surface area contributed by atoms with Crippen molar-refractivity contribution >= 4 is 5.97 Å². The van der Waals surface area contributed by atoms with E-state index in [1.807, 2.05) is 49.4 Å². The van der Waals surface area contributed by atoms with Crippen LogP contribution in [0.25, 0.3) is 11.1 Å².